The molecule has 0 aromatic heterocycles. The van der Waals surface area contributed by atoms with Crippen molar-refractivity contribution in [1.29, 1.82) is 0 Å². The zero-order valence-electron chi connectivity index (χ0n) is 12.8. The minimum Gasteiger partial charge on any atom is -0.462 e. The van der Waals surface area contributed by atoms with Gasteiger partial charge in [0.15, 0.2) is 0 Å². The van der Waals surface area contributed by atoms with Crippen LogP contribution >= 0.6 is 0 Å². The fourth-order valence-electron chi connectivity index (χ4n) is 1.76. The minimum absolute atomic E-state index is 0.190. The zero-order valence-corrected chi connectivity index (χ0v) is 12.8. The van der Waals surface area contributed by atoms with Gasteiger partial charge in [0.25, 0.3) is 0 Å². The van der Waals surface area contributed by atoms with Crippen LogP contribution in [0.5, 0.6) is 0 Å². The molecule has 5 nitrogen and oxygen atoms in total. The average molecular weight is 290 g/mol. The van der Waals surface area contributed by atoms with E-state index in [4.69, 9.17) is 4.74 Å². The van der Waals surface area contributed by atoms with Crippen molar-refractivity contribution in [3.8, 4) is 0 Å². The second-order valence-corrected chi connectivity index (χ2v) is 4.70. The molecule has 2 amide bonds. The van der Waals surface area contributed by atoms with Gasteiger partial charge in [-0.05, 0) is 45.0 Å². The van der Waals surface area contributed by atoms with E-state index in [1.54, 1.807) is 36.1 Å². The second-order valence-electron chi connectivity index (χ2n) is 4.70. The van der Waals surface area contributed by atoms with Crippen LogP contribution in [0.15, 0.2) is 36.4 Å². The van der Waals surface area contributed by atoms with Crippen LogP contribution < -0.4 is 5.32 Å². The molecule has 0 aliphatic rings. The molecule has 0 atom stereocenters. The molecule has 5 heteroatoms. The Labute approximate surface area is 125 Å². The van der Waals surface area contributed by atoms with Gasteiger partial charge in [0.2, 0.25) is 0 Å². The molecular weight excluding hydrogens is 268 g/mol. The van der Waals surface area contributed by atoms with E-state index in [0.29, 0.717) is 30.9 Å². The number of amides is 2. The Morgan fingerprint density at radius 3 is 2.33 bits per heavy atom. The third-order valence-corrected chi connectivity index (χ3v) is 2.78. The third kappa shape index (κ3) is 5.30. The molecule has 0 heterocycles. The van der Waals surface area contributed by atoms with Gasteiger partial charge in [0.05, 0.1) is 12.2 Å². The van der Waals surface area contributed by atoms with Gasteiger partial charge in [-0.15, -0.1) is 0 Å². The van der Waals surface area contributed by atoms with Crippen molar-refractivity contribution in [1.82, 2.24) is 4.90 Å². The van der Waals surface area contributed by atoms with Crippen LogP contribution in [0.3, 0.4) is 0 Å². The van der Waals surface area contributed by atoms with Crippen LogP contribution in [0.2, 0.25) is 0 Å². The van der Waals surface area contributed by atoms with Crippen molar-refractivity contribution in [3.63, 3.8) is 0 Å². The van der Waals surface area contributed by atoms with E-state index < -0.39 is 0 Å². The van der Waals surface area contributed by atoms with Crippen LogP contribution in [-0.2, 0) is 4.74 Å². The van der Waals surface area contributed by atoms with E-state index in [1.165, 1.54) is 0 Å². The largest absolute Gasteiger partial charge is 0.462 e. The zero-order chi connectivity index (χ0) is 15.8. The van der Waals surface area contributed by atoms with Crippen LogP contribution in [0.1, 0.15) is 31.1 Å². The van der Waals surface area contributed by atoms with E-state index in [0.717, 1.165) is 5.57 Å². The summed E-state index contributed by atoms with van der Waals surface area (Å²) in [5, 5.41) is 2.79. The number of ether oxygens (including phenoxy) is 1. The molecule has 21 heavy (non-hydrogen) atoms. The van der Waals surface area contributed by atoms with Crippen LogP contribution in [-0.4, -0.2) is 36.6 Å². The van der Waals surface area contributed by atoms with Crippen LogP contribution in [0.4, 0.5) is 10.5 Å². The molecule has 0 saturated heterocycles. The highest BCUT2D eigenvalue weighted by Gasteiger charge is 2.12. The van der Waals surface area contributed by atoms with Crippen molar-refractivity contribution in [3.05, 3.63) is 42.0 Å². The molecule has 0 aliphatic heterocycles. The molecule has 0 aliphatic carbocycles. The van der Waals surface area contributed by atoms with Gasteiger partial charge in [-0.25, -0.2) is 9.59 Å². The normalized spacial score (nSPS) is 9.86. The summed E-state index contributed by atoms with van der Waals surface area (Å²) in [6.07, 6.45) is 0. The molecule has 1 rings (SSSR count). The Kier molecular flexibility index (Phi) is 6.46. The maximum atomic E-state index is 12.1. The molecule has 0 spiro atoms. The highest BCUT2D eigenvalue weighted by Crippen LogP contribution is 2.12. The SMILES string of the molecule is C=C(C)CN(CC)C(=O)Nc1ccc(C(=O)OCC)cc1. The number of rotatable bonds is 6. The molecule has 0 bridgehead atoms. The molecule has 0 fully saturated rings. The summed E-state index contributed by atoms with van der Waals surface area (Å²) < 4.78 is 4.90. The van der Waals surface area contributed by atoms with Gasteiger partial charge >= 0.3 is 12.0 Å². The third-order valence-electron chi connectivity index (χ3n) is 2.78. The summed E-state index contributed by atoms with van der Waals surface area (Å²) in [6, 6.07) is 6.42. The van der Waals surface area contributed by atoms with Crippen LogP contribution in [0, 0.1) is 0 Å². The summed E-state index contributed by atoms with van der Waals surface area (Å²) >= 11 is 0. The summed E-state index contributed by atoms with van der Waals surface area (Å²) in [5.74, 6) is -0.368. The maximum Gasteiger partial charge on any atom is 0.338 e. The Morgan fingerprint density at radius 1 is 1.24 bits per heavy atom. The lowest BCUT2D eigenvalue weighted by atomic mass is 10.2. The number of urea groups is 1. The topological polar surface area (TPSA) is 58.6 Å². The standard InChI is InChI=1S/C16H22N2O3/c1-5-18(11-12(3)4)16(20)17-14-9-7-13(8-10-14)15(19)21-6-2/h7-10H,3,5-6,11H2,1-2,4H3,(H,17,20). The van der Waals surface area contributed by atoms with Crippen LogP contribution in [0.25, 0.3) is 0 Å². The van der Waals surface area contributed by atoms with Crippen molar-refractivity contribution in [2.45, 2.75) is 20.8 Å². The number of nitrogens with zero attached hydrogens (tertiary/aromatic N) is 1. The van der Waals surface area contributed by atoms with Crippen molar-refractivity contribution in [2.75, 3.05) is 25.0 Å². The molecule has 1 N–H and O–H groups in total. The Bertz CT molecular complexity index is 509. The molecule has 0 radical (unpaired) electrons. The summed E-state index contributed by atoms with van der Waals surface area (Å²) in [5.41, 5.74) is 2.02. The average Bonchev–Trinajstić information content (AvgIpc) is 2.45. The quantitative estimate of drug-likeness (QED) is 0.646. The van der Waals surface area contributed by atoms with Gasteiger partial charge < -0.3 is 15.0 Å². The van der Waals surface area contributed by atoms with Gasteiger partial charge in [-0.2, -0.15) is 0 Å². The Morgan fingerprint density at radius 2 is 1.86 bits per heavy atom. The lowest BCUT2D eigenvalue weighted by Gasteiger charge is -2.21. The number of benzene rings is 1. The number of esters is 1. The number of anilines is 1. The fourth-order valence-corrected chi connectivity index (χ4v) is 1.76. The summed E-state index contributed by atoms with van der Waals surface area (Å²) in [7, 11) is 0. The monoisotopic (exact) mass is 290 g/mol. The number of carbonyl (C=O) groups is 2. The Hall–Kier alpha value is -2.30. The first-order valence-corrected chi connectivity index (χ1v) is 6.95. The van der Waals surface area contributed by atoms with E-state index in [-0.39, 0.29) is 12.0 Å². The summed E-state index contributed by atoms with van der Waals surface area (Å²) in [4.78, 5) is 25.3. The lowest BCUT2D eigenvalue weighted by Crippen LogP contribution is -2.35. The molecule has 1 aromatic rings. The fraction of sp³-hybridized carbons (Fsp3) is 0.375. The summed E-state index contributed by atoms with van der Waals surface area (Å²) in [6.45, 7) is 10.8. The molecule has 0 saturated carbocycles. The maximum absolute atomic E-state index is 12.1. The second kappa shape index (κ2) is 8.09. The molecule has 114 valence electrons. The van der Waals surface area contributed by atoms with Gasteiger partial charge in [-0.3, -0.25) is 0 Å². The number of likely N-dealkylation sites (N-methyl/N-ethyl adjacent to an activating group) is 1. The first kappa shape index (κ1) is 16.8. The first-order valence-electron chi connectivity index (χ1n) is 6.95. The molecule has 1 aromatic carbocycles. The van der Waals surface area contributed by atoms with Gasteiger partial charge in [-0.1, -0.05) is 12.2 Å². The number of hydrogen-bond donors (Lipinski definition) is 1. The first-order chi connectivity index (χ1) is 9.97. The number of hydrogen-bond acceptors (Lipinski definition) is 3. The lowest BCUT2D eigenvalue weighted by molar-refractivity contribution is 0.0526. The van der Waals surface area contributed by atoms with E-state index in [1.807, 2.05) is 13.8 Å². The van der Waals surface area contributed by atoms with Crippen molar-refractivity contribution < 1.29 is 14.3 Å². The smallest absolute Gasteiger partial charge is 0.338 e. The van der Waals surface area contributed by atoms with Crippen molar-refractivity contribution >= 4 is 17.7 Å². The molecular formula is C16H22N2O3. The highest BCUT2D eigenvalue weighted by molar-refractivity contribution is 5.92. The van der Waals surface area contributed by atoms with Gasteiger partial charge in [0, 0.05) is 18.8 Å². The van der Waals surface area contributed by atoms with E-state index in [2.05, 4.69) is 11.9 Å². The predicted molar refractivity (Wildman–Crippen MR) is 83.5 cm³/mol. The van der Waals surface area contributed by atoms with Crippen molar-refractivity contribution in [2.24, 2.45) is 0 Å². The van der Waals surface area contributed by atoms with E-state index in [9.17, 15) is 9.59 Å². The number of carbonyl (C=O) groups excluding carboxylic acids is 2. The van der Waals surface area contributed by atoms with E-state index >= 15 is 0 Å². The van der Waals surface area contributed by atoms with Gasteiger partial charge in [0.1, 0.15) is 0 Å². The number of nitrogens with one attached hydrogen (secondary N) is 1. The predicted octanol–water partition coefficient (Wildman–Crippen LogP) is 3.29. The molecule has 0 unspecified atom stereocenters. The highest BCUT2D eigenvalue weighted by atomic mass is 16.5. The Balaban J connectivity index is 2.68. The minimum atomic E-state index is -0.368.